The highest BCUT2D eigenvalue weighted by atomic mass is 32.2. The van der Waals surface area contributed by atoms with Crippen molar-refractivity contribution in [3.63, 3.8) is 0 Å². The minimum atomic E-state index is -3.73. The third-order valence-corrected chi connectivity index (χ3v) is 5.74. The molecule has 0 heterocycles. The van der Waals surface area contributed by atoms with Gasteiger partial charge < -0.3 is 10.1 Å². The van der Waals surface area contributed by atoms with Crippen LogP contribution in [0.2, 0.25) is 0 Å². The molecule has 2 aromatic carbocycles. The van der Waals surface area contributed by atoms with Gasteiger partial charge in [0.15, 0.2) is 6.61 Å². The van der Waals surface area contributed by atoms with Gasteiger partial charge in [0.05, 0.1) is 10.5 Å². The topological polar surface area (TPSA) is 102 Å². The SMILES string of the molecule is Cc1ccccc1CCNC(=O)COC(=O)c1cccc(S(=O)(=O)NC(C)C)c1. The van der Waals surface area contributed by atoms with Gasteiger partial charge in [-0.05, 0) is 56.5 Å². The van der Waals surface area contributed by atoms with Crippen LogP contribution >= 0.6 is 0 Å². The first-order valence-corrected chi connectivity index (χ1v) is 10.8. The van der Waals surface area contributed by atoms with E-state index in [9.17, 15) is 18.0 Å². The maximum atomic E-state index is 12.2. The van der Waals surface area contributed by atoms with E-state index in [-0.39, 0.29) is 16.5 Å². The Bertz CT molecular complexity index is 971. The van der Waals surface area contributed by atoms with Crippen LogP contribution in [0.15, 0.2) is 53.4 Å². The molecule has 2 rings (SSSR count). The van der Waals surface area contributed by atoms with Crippen LogP contribution in [0, 0.1) is 6.92 Å². The average molecular weight is 419 g/mol. The average Bonchev–Trinajstić information content (AvgIpc) is 2.67. The van der Waals surface area contributed by atoms with Crippen molar-refractivity contribution in [3.8, 4) is 0 Å². The summed E-state index contributed by atoms with van der Waals surface area (Å²) in [4.78, 5) is 24.0. The number of benzene rings is 2. The van der Waals surface area contributed by atoms with Crippen LogP contribution in [0.4, 0.5) is 0 Å². The molecule has 0 unspecified atom stereocenters. The second-order valence-corrected chi connectivity index (χ2v) is 8.62. The molecule has 0 aliphatic heterocycles. The van der Waals surface area contributed by atoms with Crippen LogP contribution < -0.4 is 10.0 Å². The molecular weight excluding hydrogens is 392 g/mol. The van der Waals surface area contributed by atoms with Crippen molar-refractivity contribution in [2.75, 3.05) is 13.2 Å². The standard InChI is InChI=1S/C21H26N2O5S/c1-15(2)23-29(26,27)19-10-6-9-18(13-19)21(25)28-14-20(24)22-12-11-17-8-5-4-7-16(17)3/h4-10,13,15,23H,11-12,14H2,1-3H3,(H,22,24). The minimum Gasteiger partial charge on any atom is -0.452 e. The van der Waals surface area contributed by atoms with Gasteiger partial charge in [0.1, 0.15) is 0 Å². The Morgan fingerprint density at radius 3 is 2.48 bits per heavy atom. The highest BCUT2D eigenvalue weighted by molar-refractivity contribution is 7.89. The number of nitrogens with one attached hydrogen (secondary N) is 2. The lowest BCUT2D eigenvalue weighted by Gasteiger charge is -2.11. The highest BCUT2D eigenvalue weighted by Gasteiger charge is 2.18. The van der Waals surface area contributed by atoms with Crippen LogP contribution in [0.5, 0.6) is 0 Å². The number of aryl methyl sites for hydroxylation is 1. The summed E-state index contributed by atoms with van der Waals surface area (Å²) < 4.78 is 31.9. The van der Waals surface area contributed by atoms with E-state index in [0.29, 0.717) is 13.0 Å². The number of ether oxygens (including phenoxy) is 1. The lowest BCUT2D eigenvalue weighted by molar-refractivity contribution is -0.124. The van der Waals surface area contributed by atoms with E-state index >= 15 is 0 Å². The molecule has 0 aromatic heterocycles. The lowest BCUT2D eigenvalue weighted by Crippen LogP contribution is -2.31. The Morgan fingerprint density at radius 1 is 1.07 bits per heavy atom. The summed E-state index contributed by atoms with van der Waals surface area (Å²) in [5.74, 6) is -1.18. The summed E-state index contributed by atoms with van der Waals surface area (Å²) in [5.41, 5.74) is 2.34. The number of hydrogen-bond acceptors (Lipinski definition) is 5. The fourth-order valence-electron chi connectivity index (χ4n) is 2.66. The van der Waals surface area contributed by atoms with E-state index in [1.165, 1.54) is 24.3 Å². The maximum absolute atomic E-state index is 12.2. The number of esters is 1. The number of carbonyl (C=O) groups excluding carboxylic acids is 2. The number of carbonyl (C=O) groups is 2. The zero-order chi connectivity index (χ0) is 21.4. The predicted octanol–water partition coefficient (Wildman–Crippen LogP) is 2.20. The molecule has 0 atom stereocenters. The third kappa shape index (κ3) is 6.99. The first-order valence-electron chi connectivity index (χ1n) is 9.30. The summed E-state index contributed by atoms with van der Waals surface area (Å²) >= 11 is 0. The molecule has 156 valence electrons. The van der Waals surface area contributed by atoms with Crippen molar-refractivity contribution in [3.05, 3.63) is 65.2 Å². The van der Waals surface area contributed by atoms with Gasteiger partial charge in [-0.15, -0.1) is 0 Å². The molecule has 0 aliphatic rings. The Morgan fingerprint density at radius 2 is 1.79 bits per heavy atom. The number of sulfonamides is 1. The van der Waals surface area contributed by atoms with Crippen LogP contribution in [0.3, 0.4) is 0 Å². The van der Waals surface area contributed by atoms with Crippen molar-refractivity contribution in [1.29, 1.82) is 0 Å². The summed E-state index contributed by atoms with van der Waals surface area (Å²) in [6.45, 7) is 5.40. The number of hydrogen-bond donors (Lipinski definition) is 2. The van der Waals surface area contributed by atoms with Gasteiger partial charge in [-0.3, -0.25) is 4.79 Å². The second-order valence-electron chi connectivity index (χ2n) is 6.91. The zero-order valence-corrected chi connectivity index (χ0v) is 17.6. The summed E-state index contributed by atoms with van der Waals surface area (Å²) in [6, 6.07) is 13.1. The third-order valence-electron chi connectivity index (χ3n) is 4.08. The van der Waals surface area contributed by atoms with E-state index in [1.807, 2.05) is 31.2 Å². The van der Waals surface area contributed by atoms with Crippen LogP contribution in [0.25, 0.3) is 0 Å². The van der Waals surface area contributed by atoms with Crippen molar-refractivity contribution in [2.24, 2.45) is 0 Å². The Kier molecular flexibility index (Phi) is 7.92. The molecule has 8 heteroatoms. The lowest BCUT2D eigenvalue weighted by atomic mass is 10.1. The fraction of sp³-hybridized carbons (Fsp3) is 0.333. The number of amides is 1. The van der Waals surface area contributed by atoms with Crippen molar-refractivity contribution < 1.29 is 22.7 Å². The smallest absolute Gasteiger partial charge is 0.338 e. The Labute approximate surface area is 171 Å². The molecule has 7 nitrogen and oxygen atoms in total. The normalized spacial score (nSPS) is 11.3. The van der Waals surface area contributed by atoms with E-state index in [1.54, 1.807) is 13.8 Å². The monoisotopic (exact) mass is 418 g/mol. The molecule has 0 fully saturated rings. The van der Waals surface area contributed by atoms with E-state index in [0.717, 1.165) is 11.1 Å². The molecular formula is C21H26N2O5S. The number of rotatable bonds is 9. The Hall–Kier alpha value is -2.71. The molecule has 0 bridgehead atoms. The maximum Gasteiger partial charge on any atom is 0.338 e. The predicted molar refractivity (Wildman–Crippen MR) is 110 cm³/mol. The fourth-order valence-corrected chi connectivity index (χ4v) is 3.96. The van der Waals surface area contributed by atoms with Gasteiger partial charge >= 0.3 is 5.97 Å². The van der Waals surface area contributed by atoms with Gasteiger partial charge in [-0.2, -0.15) is 0 Å². The summed E-state index contributed by atoms with van der Waals surface area (Å²) in [5, 5.41) is 2.70. The van der Waals surface area contributed by atoms with Crippen LogP contribution in [-0.4, -0.2) is 39.5 Å². The van der Waals surface area contributed by atoms with Gasteiger partial charge in [-0.25, -0.2) is 17.9 Å². The summed E-state index contributed by atoms with van der Waals surface area (Å²) in [7, 11) is -3.73. The van der Waals surface area contributed by atoms with Crippen molar-refractivity contribution in [1.82, 2.24) is 10.0 Å². The first-order chi connectivity index (χ1) is 13.7. The molecule has 2 N–H and O–H groups in total. The first kappa shape index (κ1) is 22.6. The van der Waals surface area contributed by atoms with Crippen LogP contribution in [0.1, 0.15) is 35.3 Å². The van der Waals surface area contributed by atoms with Gasteiger partial charge in [0.25, 0.3) is 5.91 Å². The van der Waals surface area contributed by atoms with Crippen molar-refractivity contribution in [2.45, 2.75) is 38.1 Å². The molecule has 0 radical (unpaired) electrons. The van der Waals surface area contributed by atoms with Gasteiger partial charge in [-0.1, -0.05) is 30.3 Å². The Balaban J connectivity index is 1.86. The van der Waals surface area contributed by atoms with E-state index < -0.39 is 28.5 Å². The molecule has 2 aromatic rings. The van der Waals surface area contributed by atoms with Crippen LogP contribution in [-0.2, 0) is 26.0 Å². The van der Waals surface area contributed by atoms with E-state index in [2.05, 4.69) is 10.0 Å². The minimum absolute atomic E-state index is 0.0386. The second kappa shape index (κ2) is 10.2. The molecule has 0 saturated heterocycles. The molecule has 0 saturated carbocycles. The highest BCUT2D eigenvalue weighted by Crippen LogP contribution is 2.13. The van der Waals surface area contributed by atoms with Gasteiger partial charge in [0, 0.05) is 12.6 Å². The quantitative estimate of drug-likeness (QED) is 0.608. The molecule has 0 aliphatic carbocycles. The van der Waals surface area contributed by atoms with Crippen molar-refractivity contribution >= 4 is 21.9 Å². The van der Waals surface area contributed by atoms with E-state index in [4.69, 9.17) is 4.74 Å². The van der Waals surface area contributed by atoms with Gasteiger partial charge in [0.2, 0.25) is 10.0 Å². The zero-order valence-electron chi connectivity index (χ0n) is 16.8. The molecule has 29 heavy (non-hydrogen) atoms. The molecule has 1 amide bonds. The molecule has 0 spiro atoms. The summed E-state index contributed by atoms with van der Waals surface area (Å²) in [6.07, 6.45) is 0.676. The largest absolute Gasteiger partial charge is 0.452 e.